The molecule has 5 nitrogen and oxygen atoms in total. The van der Waals surface area contributed by atoms with E-state index in [1.54, 1.807) is 15.0 Å². The van der Waals surface area contributed by atoms with Crippen molar-refractivity contribution in [3.05, 3.63) is 32.0 Å². The minimum atomic E-state index is -0.403. The van der Waals surface area contributed by atoms with Gasteiger partial charge in [-0.05, 0) is 28.7 Å². The SMILES string of the molecule is O=[N+]([O-])c1ccc2c(c1)c(I)nn2I. The monoisotopic (exact) mass is 415 g/mol. The molecule has 0 unspecified atom stereocenters. The van der Waals surface area contributed by atoms with Crippen molar-refractivity contribution in [2.75, 3.05) is 0 Å². The Morgan fingerprint density at radius 2 is 2.21 bits per heavy atom. The van der Waals surface area contributed by atoms with Gasteiger partial charge in [0.05, 0.1) is 33.3 Å². The number of benzene rings is 1. The summed E-state index contributed by atoms with van der Waals surface area (Å²) in [6, 6.07) is 4.73. The Balaban J connectivity index is 2.77. The van der Waals surface area contributed by atoms with Crippen molar-refractivity contribution in [3.63, 3.8) is 0 Å². The maximum atomic E-state index is 10.5. The molecule has 0 atom stereocenters. The van der Waals surface area contributed by atoms with Gasteiger partial charge in [-0.2, -0.15) is 5.10 Å². The van der Waals surface area contributed by atoms with Gasteiger partial charge in [0, 0.05) is 17.5 Å². The first-order valence-corrected chi connectivity index (χ1v) is 5.63. The zero-order valence-electron chi connectivity index (χ0n) is 6.65. The van der Waals surface area contributed by atoms with Crippen molar-refractivity contribution < 1.29 is 4.92 Å². The van der Waals surface area contributed by atoms with E-state index in [4.69, 9.17) is 0 Å². The molecule has 0 aliphatic heterocycles. The number of non-ortho nitro benzene ring substituents is 1. The Morgan fingerprint density at radius 1 is 1.50 bits per heavy atom. The van der Waals surface area contributed by atoms with Gasteiger partial charge in [0.15, 0.2) is 0 Å². The fraction of sp³-hybridized carbons (Fsp3) is 0. The standard InChI is InChI=1S/C7H3I2N3O2/c8-7-5-3-4(12(13)14)1-2-6(5)11(9)10-7/h1-3H. The molecule has 2 aromatic rings. The van der Waals surface area contributed by atoms with Crippen LogP contribution in [0.5, 0.6) is 0 Å². The molecule has 72 valence electrons. The highest BCUT2D eigenvalue weighted by Crippen LogP contribution is 2.25. The first kappa shape index (κ1) is 10.1. The summed E-state index contributed by atoms with van der Waals surface area (Å²) in [5.74, 6) is 0. The van der Waals surface area contributed by atoms with Gasteiger partial charge in [-0.1, -0.05) is 0 Å². The fourth-order valence-corrected chi connectivity index (χ4v) is 2.85. The molecule has 0 saturated carbocycles. The molecule has 0 saturated heterocycles. The molecule has 0 aliphatic rings. The molecule has 7 heteroatoms. The first-order chi connectivity index (χ1) is 6.59. The molecule has 0 fully saturated rings. The number of fused-ring (bicyclic) bond motifs is 1. The topological polar surface area (TPSA) is 61.0 Å². The van der Waals surface area contributed by atoms with E-state index in [0.29, 0.717) is 0 Å². The lowest BCUT2D eigenvalue weighted by atomic mass is 10.2. The van der Waals surface area contributed by atoms with Crippen LogP contribution in [0.15, 0.2) is 18.2 Å². The van der Waals surface area contributed by atoms with Crippen LogP contribution in [0.3, 0.4) is 0 Å². The maximum Gasteiger partial charge on any atom is 0.270 e. The van der Waals surface area contributed by atoms with Crippen molar-refractivity contribution in [2.24, 2.45) is 0 Å². The van der Waals surface area contributed by atoms with E-state index >= 15 is 0 Å². The number of halogens is 2. The summed E-state index contributed by atoms with van der Waals surface area (Å²) < 4.78 is 2.45. The first-order valence-electron chi connectivity index (χ1n) is 3.58. The van der Waals surface area contributed by atoms with E-state index in [9.17, 15) is 10.1 Å². The molecule has 0 amide bonds. The molecular weight excluding hydrogens is 412 g/mol. The van der Waals surface area contributed by atoms with Gasteiger partial charge in [0.25, 0.3) is 5.69 Å². The number of hydrogen-bond donors (Lipinski definition) is 0. The van der Waals surface area contributed by atoms with Crippen molar-refractivity contribution in [1.29, 1.82) is 0 Å². The number of nitrogens with zero attached hydrogens (tertiary/aromatic N) is 3. The summed E-state index contributed by atoms with van der Waals surface area (Å²) >= 11 is 4.10. The van der Waals surface area contributed by atoms with Gasteiger partial charge in [-0.25, -0.2) is 2.90 Å². The summed E-state index contributed by atoms with van der Waals surface area (Å²) in [4.78, 5) is 10.1. The van der Waals surface area contributed by atoms with Crippen LogP contribution in [-0.2, 0) is 0 Å². The summed E-state index contributed by atoms with van der Waals surface area (Å²) in [6.45, 7) is 0. The lowest BCUT2D eigenvalue weighted by Crippen LogP contribution is -1.87. The minimum absolute atomic E-state index is 0.0971. The number of rotatable bonds is 1. The third-order valence-electron chi connectivity index (χ3n) is 1.79. The molecule has 1 aromatic carbocycles. The smallest absolute Gasteiger partial charge is 0.258 e. The molecule has 2 rings (SSSR count). The second-order valence-electron chi connectivity index (χ2n) is 2.61. The van der Waals surface area contributed by atoms with Crippen LogP contribution < -0.4 is 0 Å². The van der Waals surface area contributed by atoms with Gasteiger partial charge in [0.2, 0.25) is 0 Å². The average molecular weight is 415 g/mol. The third-order valence-corrected chi connectivity index (χ3v) is 3.32. The quantitative estimate of drug-likeness (QED) is 0.409. The van der Waals surface area contributed by atoms with E-state index in [1.807, 2.05) is 22.9 Å². The van der Waals surface area contributed by atoms with Gasteiger partial charge in [0.1, 0.15) is 3.70 Å². The average Bonchev–Trinajstić information content (AvgIpc) is 2.42. The Morgan fingerprint density at radius 3 is 2.86 bits per heavy atom. The second-order valence-corrected chi connectivity index (χ2v) is 4.55. The predicted molar refractivity (Wildman–Crippen MR) is 68.5 cm³/mol. The van der Waals surface area contributed by atoms with Crippen LogP contribution >= 0.6 is 45.5 Å². The summed E-state index contributed by atoms with van der Waals surface area (Å²) in [5, 5.41) is 15.5. The van der Waals surface area contributed by atoms with Crippen molar-refractivity contribution in [3.8, 4) is 0 Å². The van der Waals surface area contributed by atoms with Gasteiger partial charge >= 0.3 is 0 Å². The van der Waals surface area contributed by atoms with Gasteiger partial charge in [-0.3, -0.25) is 10.1 Å². The summed E-state index contributed by atoms with van der Waals surface area (Å²) in [5.41, 5.74) is 0.986. The molecule has 0 radical (unpaired) electrons. The lowest BCUT2D eigenvalue weighted by Gasteiger charge is -1.92. The van der Waals surface area contributed by atoms with Crippen molar-refractivity contribution in [1.82, 2.24) is 7.99 Å². The van der Waals surface area contributed by atoms with E-state index in [-0.39, 0.29) is 5.69 Å². The Bertz CT molecular complexity index is 523. The van der Waals surface area contributed by atoms with Crippen LogP contribution in [-0.4, -0.2) is 12.9 Å². The molecule has 14 heavy (non-hydrogen) atoms. The molecule has 1 aromatic heterocycles. The Labute approximate surface area is 106 Å². The van der Waals surface area contributed by atoms with E-state index in [2.05, 4.69) is 27.7 Å². The van der Waals surface area contributed by atoms with E-state index in [1.165, 1.54) is 6.07 Å². The number of nitro benzene ring substituents is 1. The van der Waals surface area contributed by atoms with Crippen LogP contribution in [0, 0.1) is 13.8 Å². The van der Waals surface area contributed by atoms with Crippen molar-refractivity contribution in [2.45, 2.75) is 0 Å². The summed E-state index contributed by atoms with van der Waals surface area (Å²) in [7, 11) is 0. The highest BCUT2D eigenvalue weighted by molar-refractivity contribution is 14.1. The number of hydrogen-bond acceptors (Lipinski definition) is 3. The molecule has 1 heterocycles. The molecular formula is C7H3I2N3O2. The lowest BCUT2D eigenvalue weighted by molar-refractivity contribution is -0.384. The third kappa shape index (κ3) is 1.58. The zero-order valence-corrected chi connectivity index (χ0v) is 11.0. The van der Waals surface area contributed by atoms with Crippen molar-refractivity contribution >= 4 is 62.0 Å². The maximum absolute atomic E-state index is 10.5. The highest BCUT2D eigenvalue weighted by atomic mass is 127. The molecule has 0 aliphatic carbocycles. The van der Waals surface area contributed by atoms with E-state index in [0.717, 1.165) is 14.6 Å². The Hall–Kier alpha value is -0.450. The number of nitro groups is 1. The van der Waals surface area contributed by atoms with Crippen LogP contribution in [0.25, 0.3) is 10.9 Å². The van der Waals surface area contributed by atoms with Gasteiger partial charge < -0.3 is 0 Å². The molecule has 0 N–H and O–H groups in total. The summed E-state index contributed by atoms with van der Waals surface area (Å²) in [6.07, 6.45) is 0. The predicted octanol–water partition coefficient (Wildman–Crippen LogP) is 2.75. The van der Waals surface area contributed by atoms with E-state index < -0.39 is 4.92 Å². The highest BCUT2D eigenvalue weighted by Gasteiger charge is 2.12. The Kier molecular flexibility index (Phi) is 2.60. The van der Waals surface area contributed by atoms with Crippen LogP contribution in [0.2, 0.25) is 0 Å². The number of aromatic nitrogens is 2. The fourth-order valence-electron chi connectivity index (χ4n) is 1.15. The molecule has 0 bridgehead atoms. The normalized spacial score (nSPS) is 10.7. The second kappa shape index (κ2) is 3.61. The molecule has 0 spiro atoms. The zero-order chi connectivity index (χ0) is 10.3. The van der Waals surface area contributed by atoms with Gasteiger partial charge in [-0.15, -0.1) is 0 Å². The largest absolute Gasteiger partial charge is 0.270 e. The van der Waals surface area contributed by atoms with Crippen LogP contribution in [0.1, 0.15) is 0 Å². The van der Waals surface area contributed by atoms with Crippen LogP contribution in [0.4, 0.5) is 5.69 Å². The minimum Gasteiger partial charge on any atom is -0.258 e.